The summed E-state index contributed by atoms with van der Waals surface area (Å²) in [5.74, 6) is 0. The van der Waals surface area contributed by atoms with E-state index in [1.165, 1.54) is 5.56 Å². The molecule has 0 aliphatic rings. The lowest BCUT2D eigenvalue weighted by Gasteiger charge is -2.19. The lowest BCUT2D eigenvalue weighted by Crippen LogP contribution is -1.92. The number of hydrogen-bond acceptors (Lipinski definition) is 2. The molecule has 0 unspecified atom stereocenters. The average Bonchev–Trinajstić information content (AvgIpc) is 2.96. The van der Waals surface area contributed by atoms with Gasteiger partial charge in [0, 0.05) is 0 Å². The smallest absolute Gasteiger partial charge is 0.0991 e. The Hall–Kier alpha value is -5.18. The van der Waals surface area contributed by atoms with Crippen LogP contribution in [0.4, 0.5) is 0 Å². The number of hydrogen-bond donors (Lipinski definition) is 0. The molecule has 0 aliphatic heterocycles. The Balaban J connectivity index is 1.75. The summed E-state index contributed by atoms with van der Waals surface area (Å²) < 4.78 is 0. The fraction of sp³-hybridized carbons (Fsp3) is 0. The van der Waals surface area contributed by atoms with E-state index in [4.69, 9.17) is 0 Å². The van der Waals surface area contributed by atoms with Gasteiger partial charge in [-0.2, -0.15) is 10.5 Å². The molecule has 0 saturated heterocycles. The first kappa shape index (κ1) is 21.4. The van der Waals surface area contributed by atoms with Crippen LogP contribution in [-0.2, 0) is 0 Å². The van der Waals surface area contributed by atoms with E-state index in [0.29, 0.717) is 11.1 Å². The van der Waals surface area contributed by atoms with Crippen LogP contribution in [0.2, 0.25) is 0 Å². The number of fused-ring (bicyclic) bond motifs is 2. The zero-order chi connectivity index (χ0) is 24.5. The first-order valence-electron chi connectivity index (χ1n) is 11.8. The molecule has 0 spiro atoms. The third kappa shape index (κ3) is 3.59. The molecule has 0 heterocycles. The van der Waals surface area contributed by atoms with Gasteiger partial charge in [-0.15, -0.1) is 0 Å². The molecule has 6 aromatic rings. The maximum absolute atomic E-state index is 9.33. The van der Waals surface area contributed by atoms with Crippen LogP contribution < -0.4 is 0 Å². The van der Waals surface area contributed by atoms with Gasteiger partial charge >= 0.3 is 0 Å². The fourth-order valence-electron chi connectivity index (χ4n) is 5.03. The lowest BCUT2D eigenvalue weighted by molar-refractivity contribution is 1.48. The third-order valence-corrected chi connectivity index (χ3v) is 6.74. The maximum atomic E-state index is 9.33. The molecule has 166 valence electrons. The van der Waals surface area contributed by atoms with Crippen molar-refractivity contribution >= 4 is 21.5 Å². The van der Waals surface area contributed by atoms with Gasteiger partial charge in [-0.3, -0.25) is 0 Å². The van der Waals surface area contributed by atoms with E-state index in [0.717, 1.165) is 49.4 Å². The first-order valence-corrected chi connectivity index (χ1v) is 11.8. The van der Waals surface area contributed by atoms with Crippen LogP contribution in [0.15, 0.2) is 121 Å². The quantitative estimate of drug-likeness (QED) is 0.250. The fourth-order valence-corrected chi connectivity index (χ4v) is 5.03. The average molecular weight is 457 g/mol. The molecule has 0 atom stereocenters. The molecule has 0 N–H and O–H groups in total. The molecule has 6 aromatic carbocycles. The highest BCUT2D eigenvalue weighted by molar-refractivity contribution is 6.21. The molecule has 0 bridgehead atoms. The van der Waals surface area contributed by atoms with Gasteiger partial charge in [0.25, 0.3) is 0 Å². The van der Waals surface area contributed by atoms with Gasteiger partial charge < -0.3 is 0 Å². The minimum Gasteiger partial charge on any atom is -0.192 e. The van der Waals surface area contributed by atoms with Gasteiger partial charge in [0.1, 0.15) is 0 Å². The van der Waals surface area contributed by atoms with Gasteiger partial charge in [0.15, 0.2) is 0 Å². The van der Waals surface area contributed by atoms with E-state index in [9.17, 15) is 10.5 Å². The van der Waals surface area contributed by atoms with Gasteiger partial charge in [-0.1, -0.05) is 91.0 Å². The normalized spacial score (nSPS) is 10.7. The van der Waals surface area contributed by atoms with Crippen LogP contribution in [0, 0.1) is 22.7 Å². The van der Waals surface area contributed by atoms with Gasteiger partial charge in [0.2, 0.25) is 0 Å². The molecule has 0 aromatic heterocycles. The van der Waals surface area contributed by atoms with Crippen molar-refractivity contribution in [3.05, 3.63) is 132 Å². The Labute approximate surface area is 209 Å². The number of nitrogens with zero attached hydrogens (tertiary/aromatic N) is 2. The van der Waals surface area contributed by atoms with Gasteiger partial charge in [0.05, 0.1) is 23.3 Å². The largest absolute Gasteiger partial charge is 0.192 e. The van der Waals surface area contributed by atoms with Crippen molar-refractivity contribution in [3.8, 4) is 45.5 Å². The highest BCUT2D eigenvalue weighted by Gasteiger charge is 2.17. The zero-order valence-corrected chi connectivity index (χ0v) is 19.4. The Morgan fingerprint density at radius 1 is 0.361 bits per heavy atom. The van der Waals surface area contributed by atoms with Crippen LogP contribution in [0.1, 0.15) is 11.1 Å². The highest BCUT2D eigenvalue weighted by Crippen LogP contribution is 2.44. The predicted octanol–water partition coefficient (Wildman–Crippen LogP) is 8.74. The minimum atomic E-state index is 0.645. The van der Waals surface area contributed by atoms with Gasteiger partial charge in [-0.05, 0) is 85.3 Å². The van der Waals surface area contributed by atoms with E-state index in [2.05, 4.69) is 78.9 Å². The van der Waals surface area contributed by atoms with Crippen molar-refractivity contribution in [2.75, 3.05) is 0 Å². The second-order valence-corrected chi connectivity index (χ2v) is 8.80. The van der Waals surface area contributed by atoms with E-state index < -0.39 is 0 Å². The Bertz CT molecular complexity index is 1820. The first-order chi connectivity index (χ1) is 17.8. The molecule has 0 aliphatic carbocycles. The molecular weight excluding hydrogens is 436 g/mol. The second-order valence-electron chi connectivity index (χ2n) is 8.80. The van der Waals surface area contributed by atoms with E-state index in [1.807, 2.05) is 54.6 Å². The maximum Gasteiger partial charge on any atom is 0.0991 e. The lowest BCUT2D eigenvalue weighted by atomic mass is 9.84. The van der Waals surface area contributed by atoms with Crippen LogP contribution in [0.25, 0.3) is 54.9 Å². The minimum absolute atomic E-state index is 0.645. The summed E-state index contributed by atoms with van der Waals surface area (Å²) in [5, 5.41) is 23.3. The molecule has 2 nitrogen and oxygen atoms in total. The van der Waals surface area contributed by atoms with Crippen molar-refractivity contribution in [1.29, 1.82) is 10.5 Å². The summed E-state index contributed by atoms with van der Waals surface area (Å²) in [5.41, 5.74) is 8.07. The van der Waals surface area contributed by atoms with Crippen molar-refractivity contribution in [2.45, 2.75) is 0 Å². The molecule has 0 fully saturated rings. The summed E-state index contributed by atoms with van der Waals surface area (Å²) in [4.78, 5) is 0. The third-order valence-electron chi connectivity index (χ3n) is 6.74. The summed E-state index contributed by atoms with van der Waals surface area (Å²) in [7, 11) is 0. The standard InChI is InChI=1S/C34H20N2/c35-21-23-10-14-26(15-11-23)33-29-8-4-5-9-30(29)34(27-16-12-24(22-36)13-17-27)32-20-28(18-19-31(32)33)25-6-2-1-3-7-25/h1-20H. The van der Waals surface area contributed by atoms with Crippen LogP contribution in [-0.4, -0.2) is 0 Å². The summed E-state index contributed by atoms with van der Waals surface area (Å²) in [6.45, 7) is 0. The molecule has 0 amide bonds. The Morgan fingerprint density at radius 2 is 0.806 bits per heavy atom. The summed E-state index contributed by atoms with van der Waals surface area (Å²) in [6, 6.07) is 45.7. The van der Waals surface area contributed by atoms with E-state index in [-0.39, 0.29) is 0 Å². The predicted molar refractivity (Wildman–Crippen MR) is 147 cm³/mol. The molecule has 6 rings (SSSR count). The van der Waals surface area contributed by atoms with Crippen LogP contribution in [0.3, 0.4) is 0 Å². The highest BCUT2D eigenvalue weighted by atomic mass is 14.2. The van der Waals surface area contributed by atoms with E-state index in [1.54, 1.807) is 0 Å². The van der Waals surface area contributed by atoms with Crippen LogP contribution in [0.5, 0.6) is 0 Å². The van der Waals surface area contributed by atoms with Gasteiger partial charge in [-0.25, -0.2) is 0 Å². The van der Waals surface area contributed by atoms with Crippen molar-refractivity contribution in [3.63, 3.8) is 0 Å². The van der Waals surface area contributed by atoms with Crippen molar-refractivity contribution < 1.29 is 0 Å². The number of rotatable bonds is 3. The SMILES string of the molecule is N#Cc1ccc(-c2c3ccccc3c(-c3ccc(C#N)cc3)c3cc(-c4ccccc4)ccc23)cc1. The summed E-state index contributed by atoms with van der Waals surface area (Å²) >= 11 is 0. The van der Waals surface area contributed by atoms with Crippen molar-refractivity contribution in [2.24, 2.45) is 0 Å². The Morgan fingerprint density at radius 3 is 1.33 bits per heavy atom. The van der Waals surface area contributed by atoms with Crippen molar-refractivity contribution in [1.82, 2.24) is 0 Å². The molecular formula is C34H20N2. The molecule has 2 heteroatoms. The Kier molecular flexibility index (Phi) is 5.27. The molecule has 0 saturated carbocycles. The second kappa shape index (κ2) is 8.88. The topological polar surface area (TPSA) is 47.6 Å². The number of benzene rings is 6. The van der Waals surface area contributed by atoms with Crippen LogP contribution >= 0.6 is 0 Å². The summed E-state index contributed by atoms with van der Waals surface area (Å²) in [6.07, 6.45) is 0. The monoisotopic (exact) mass is 456 g/mol. The zero-order valence-electron chi connectivity index (χ0n) is 19.4. The van der Waals surface area contributed by atoms with E-state index >= 15 is 0 Å². The molecule has 36 heavy (non-hydrogen) atoms. The molecule has 0 radical (unpaired) electrons. The number of nitriles is 2.